The summed E-state index contributed by atoms with van der Waals surface area (Å²) in [7, 11) is 0. The molecule has 0 aliphatic carbocycles. The van der Waals surface area contributed by atoms with Crippen molar-refractivity contribution in [3.05, 3.63) is 0 Å². The SMILES string of the molecule is CCNC(=NCC1CN2CCCC2CO1)N1CCC(NC(=O)OC(C)(C)C)C1.I. The smallest absolute Gasteiger partial charge is 0.407 e. The Hall–Kier alpha value is -0.810. The number of hydrogen-bond acceptors (Lipinski definition) is 5. The summed E-state index contributed by atoms with van der Waals surface area (Å²) in [5, 5.41) is 6.36. The maximum absolute atomic E-state index is 12.0. The van der Waals surface area contributed by atoms with Crippen LogP contribution in [0.15, 0.2) is 4.99 Å². The van der Waals surface area contributed by atoms with Crippen LogP contribution in [0.2, 0.25) is 0 Å². The average Bonchev–Trinajstić information content (AvgIpc) is 3.25. The molecule has 0 aromatic heterocycles. The minimum absolute atomic E-state index is 0. The third-order valence-corrected chi connectivity index (χ3v) is 5.45. The highest BCUT2D eigenvalue weighted by atomic mass is 127. The van der Waals surface area contributed by atoms with Crippen LogP contribution in [-0.2, 0) is 9.47 Å². The summed E-state index contributed by atoms with van der Waals surface area (Å²) in [5.74, 6) is 0.906. The van der Waals surface area contributed by atoms with E-state index in [0.29, 0.717) is 12.6 Å². The summed E-state index contributed by atoms with van der Waals surface area (Å²) in [5.41, 5.74) is -0.479. The van der Waals surface area contributed by atoms with Crippen molar-refractivity contribution in [2.45, 2.75) is 70.7 Å². The molecule has 8 nitrogen and oxygen atoms in total. The van der Waals surface area contributed by atoms with Crippen LogP contribution in [0.5, 0.6) is 0 Å². The molecule has 3 unspecified atom stereocenters. The summed E-state index contributed by atoms with van der Waals surface area (Å²) in [6, 6.07) is 0.696. The lowest BCUT2D eigenvalue weighted by Crippen LogP contribution is -2.48. The second-order valence-electron chi connectivity index (χ2n) is 9.02. The first-order valence-corrected chi connectivity index (χ1v) is 10.7. The van der Waals surface area contributed by atoms with E-state index in [0.717, 1.165) is 45.2 Å². The molecule has 3 aliphatic heterocycles. The van der Waals surface area contributed by atoms with Crippen molar-refractivity contribution in [3.63, 3.8) is 0 Å². The molecule has 0 radical (unpaired) electrons. The van der Waals surface area contributed by atoms with Crippen molar-refractivity contribution in [1.82, 2.24) is 20.4 Å². The number of morpholine rings is 1. The van der Waals surface area contributed by atoms with Crippen molar-refractivity contribution < 1.29 is 14.3 Å². The van der Waals surface area contributed by atoms with Gasteiger partial charge in [-0.25, -0.2) is 4.79 Å². The average molecular weight is 523 g/mol. The van der Waals surface area contributed by atoms with Gasteiger partial charge in [-0.15, -0.1) is 24.0 Å². The normalized spacial score (nSPS) is 27.9. The van der Waals surface area contributed by atoms with Crippen molar-refractivity contribution in [2.75, 3.05) is 45.9 Å². The van der Waals surface area contributed by atoms with E-state index in [1.165, 1.54) is 19.4 Å². The van der Waals surface area contributed by atoms with Gasteiger partial charge in [0.1, 0.15) is 5.60 Å². The van der Waals surface area contributed by atoms with Crippen molar-refractivity contribution >= 4 is 36.0 Å². The molecule has 0 aromatic rings. The lowest BCUT2D eigenvalue weighted by Gasteiger charge is -2.34. The van der Waals surface area contributed by atoms with Crippen LogP contribution < -0.4 is 10.6 Å². The molecular weight excluding hydrogens is 485 g/mol. The molecule has 3 fully saturated rings. The zero-order valence-corrected chi connectivity index (χ0v) is 20.6. The highest BCUT2D eigenvalue weighted by Crippen LogP contribution is 2.22. The van der Waals surface area contributed by atoms with Gasteiger partial charge in [0.2, 0.25) is 0 Å². The summed E-state index contributed by atoms with van der Waals surface area (Å²) < 4.78 is 11.4. The lowest BCUT2D eigenvalue weighted by atomic mass is 10.2. The van der Waals surface area contributed by atoms with Crippen LogP contribution in [-0.4, -0.2) is 91.5 Å². The number of aliphatic imine (C=N–C) groups is 1. The fraction of sp³-hybridized carbons (Fsp3) is 0.900. The number of halogens is 1. The van der Waals surface area contributed by atoms with Crippen LogP contribution >= 0.6 is 24.0 Å². The summed E-state index contributed by atoms with van der Waals surface area (Å²) in [4.78, 5) is 21.6. The first-order chi connectivity index (χ1) is 13.3. The lowest BCUT2D eigenvalue weighted by molar-refractivity contribution is -0.0432. The standard InChI is InChI=1S/C20H37N5O3.HI/c1-5-21-18(22-11-17-13-24-9-6-7-16(24)14-27-17)25-10-8-15(12-25)23-19(26)28-20(2,3)4;/h15-17H,5-14H2,1-4H3,(H,21,22)(H,23,26);1H. The highest BCUT2D eigenvalue weighted by molar-refractivity contribution is 14.0. The molecule has 3 heterocycles. The molecule has 3 atom stereocenters. The van der Waals surface area contributed by atoms with E-state index in [1.54, 1.807) is 0 Å². The van der Waals surface area contributed by atoms with E-state index in [4.69, 9.17) is 14.5 Å². The fourth-order valence-corrected chi connectivity index (χ4v) is 4.15. The number of guanidine groups is 1. The Morgan fingerprint density at radius 1 is 1.24 bits per heavy atom. The minimum Gasteiger partial charge on any atom is -0.444 e. The Balaban J connectivity index is 0.00000300. The molecule has 2 N–H and O–H groups in total. The number of rotatable bonds is 4. The fourth-order valence-electron chi connectivity index (χ4n) is 4.15. The molecule has 0 bridgehead atoms. The predicted octanol–water partition coefficient (Wildman–Crippen LogP) is 2.03. The first kappa shape index (κ1) is 24.5. The van der Waals surface area contributed by atoms with Gasteiger partial charge in [-0.1, -0.05) is 0 Å². The van der Waals surface area contributed by atoms with Crippen LogP contribution in [0.4, 0.5) is 4.79 Å². The van der Waals surface area contributed by atoms with Gasteiger partial charge in [-0.05, 0) is 53.5 Å². The third kappa shape index (κ3) is 7.43. The first-order valence-electron chi connectivity index (χ1n) is 10.7. The number of carbonyl (C=O) groups excluding carboxylic acids is 1. The zero-order chi connectivity index (χ0) is 20.1. The van der Waals surface area contributed by atoms with Crippen LogP contribution in [0.25, 0.3) is 0 Å². The number of likely N-dealkylation sites (tertiary alicyclic amines) is 1. The molecule has 0 aromatic carbocycles. The summed E-state index contributed by atoms with van der Waals surface area (Å²) in [6.07, 6.45) is 3.25. The van der Waals surface area contributed by atoms with E-state index < -0.39 is 5.60 Å². The van der Waals surface area contributed by atoms with E-state index in [1.807, 2.05) is 20.8 Å². The number of alkyl carbamates (subject to hydrolysis) is 1. The van der Waals surface area contributed by atoms with Gasteiger partial charge in [-0.3, -0.25) is 9.89 Å². The Kier molecular flexibility index (Phi) is 9.27. The Morgan fingerprint density at radius 2 is 2.03 bits per heavy atom. The van der Waals surface area contributed by atoms with E-state index in [9.17, 15) is 4.79 Å². The largest absolute Gasteiger partial charge is 0.444 e. The molecule has 3 rings (SSSR count). The molecule has 9 heteroatoms. The van der Waals surface area contributed by atoms with E-state index in [-0.39, 0.29) is 42.2 Å². The number of hydrogen-bond donors (Lipinski definition) is 2. The Bertz CT molecular complexity index is 569. The number of nitrogens with one attached hydrogen (secondary N) is 2. The zero-order valence-electron chi connectivity index (χ0n) is 18.3. The Labute approximate surface area is 192 Å². The summed E-state index contributed by atoms with van der Waals surface area (Å²) in [6.45, 7) is 13.8. The Morgan fingerprint density at radius 3 is 2.76 bits per heavy atom. The van der Waals surface area contributed by atoms with Gasteiger partial charge in [-0.2, -0.15) is 0 Å². The minimum atomic E-state index is -0.479. The van der Waals surface area contributed by atoms with Crippen molar-refractivity contribution in [1.29, 1.82) is 0 Å². The number of amides is 1. The second-order valence-corrected chi connectivity index (χ2v) is 9.02. The van der Waals surface area contributed by atoms with Gasteiger partial charge in [0.15, 0.2) is 5.96 Å². The van der Waals surface area contributed by atoms with Crippen LogP contribution in [0, 0.1) is 0 Å². The second kappa shape index (κ2) is 11.0. The maximum Gasteiger partial charge on any atom is 0.407 e. The predicted molar refractivity (Wildman–Crippen MR) is 125 cm³/mol. The number of ether oxygens (including phenoxy) is 2. The molecule has 168 valence electrons. The molecule has 29 heavy (non-hydrogen) atoms. The molecule has 0 spiro atoms. The quantitative estimate of drug-likeness (QED) is 0.334. The molecule has 0 saturated carbocycles. The van der Waals surface area contributed by atoms with E-state index >= 15 is 0 Å². The van der Waals surface area contributed by atoms with Crippen LogP contribution in [0.1, 0.15) is 47.0 Å². The monoisotopic (exact) mass is 523 g/mol. The number of nitrogens with zero attached hydrogens (tertiary/aromatic N) is 3. The van der Waals surface area contributed by atoms with Gasteiger partial charge in [0.25, 0.3) is 0 Å². The van der Waals surface area contributed by atoms with Gasteiger partial charge in [0.05, 0.1) is 25.3 Å². The van der Waals surface area contributed by atoms with Gasteiger partial charge >= 0.3 is 6.09 Å². The van der Waals surface area contributed by atoms with E-state index in [2.05, 4.69) is 27.4 Å². The number of carbonyl (C=O) groups is 1. The summed E-state index contributed by atoms with van der Waals surface area (Å²) >= 11 is 0. The van der Waals surface area contributed by atoms with Gasteiger partial charge < -0.3 is 25.0 Å². The highest BCUT2D eigenvalue weighted by Gasteiger charge is 2.32. The van der Waals surface area contributed by atoms with Crippen molar-refractivity contribution in [2.24, 2.45) is 4.99 Å². The molecular formula is C20H38IN5O3. The maximum atomic E-state index is 12.0. The molecule has 3 aliphatic rings. The number of fused-ring (bicyclic) bond motifs is 1. The third-order valence-electron chi connectivity index (χ3n) is 5.45. The van der Waals surface area contributed by atoms with Crippen molar-refractivity contribution in [3.8, 4) is 0 Å². The molecule has 3 saturated heterocycles. The van der Waals surface area contributed by atoms with Crippen LogP contribution in [0.3, 0.4) is 0 Å². The topological polar surface area (TPSA) is 78.4 Å². The molecule has 1 amide bonds. The van der Waals surface area contributed by atoms with Gasteiger partial charge in [0, 0.05) is 32.2 Å².